The van der Waals surface area contributed by atoms with E-state index in [9.17, 15) is 0 Å². The van der Waals surface area contributed by atoms with Gasteiger partial charge in [-0.1, -0.05) is 130 Å². The minimum atomic E-state index is -2.56. The molecule has 0 bridgehead atoms. The van der Waals surface area contributed by atoms with Gasteiger partial charge in [-0.2, -0.15) is 0 Å². The number of rotatable bonds is 7. The minimum absolute atomic E-state index is 0.409. The quantitative estimate of drug-likeness (QED) is 0.173. The molecule has 190 valence electrons. The van der Waals surface area contributed by atoms with Gasteiger partial charge in [-0.3, -0.25) is 0 Å². The smallest absolute Gasteiger partial charge is 0.344 e. The molecule has 1 aliphatic heterocycles. The molecule has 1 aliphatic rings. The summed E-state index contributed by atoms with van der Waals surface area (Å²) in [6.07, 6.45) is 2.28. The second kappa shape index (κ2) is 11.0. The molecule has 0 saturated carbocycles. The fraction of sp³-hybridized carbons (Fsp3) is 0.467. The third kappa shape index (κ3) is 5.10. The molecule has 0 aromatic heterocycles. The zero-order chi connectivity index (χ0) is 26.2. The van der Waals surface area contributed by atoms with Gasteiger partial charge in [0, 0.05) is 27.7 Å². The average Bonchev–Trinajstić information content (AvgIpc) is 2.78. The average molecular weight is 619 g/mol. The van der Waals surface area contributed by atoms with Gasteiger partial charge in [0.1, 0.15) is 0 Å². The van der Waals surface area contributed by atoms with Crippen LogP contribution >= 0.6 is 31.2 Å². The monoisotopic (exact) mass is 616 g/mol. The minimum Gasteiger partial charge on any atom is -0.344 e. The van der Waals surface area contributed by atoms with Gasteiger partial charge in [-0.05, 0) is 58.9 Å². The van der Waals surface area contributed by atoms with Gasteiger partial charge in [0.25, 0.3) is 0 Å². The molecule has 2 nitrogen and oxygen atoms in total. The van der Waals surface area contributed by atoms with Crippen molar-refractivity contribution >= 4 is 49.6 Å². The van der Waals surface area contributed by atoms with Gasteiger partial charge >= 0.3 is 7.02 Å². The maximum absolute atomic E-state index is 4.62. The molecular weight excluding hydrogens is 576 g/mol. The molecule has 0 spiro atoms. The van der Waals surface area contributed by atoms with E-state index in [1.807, 2.05) is 0 Å². The van der Waals surface area contributed by atoms with E-state index >= 15 is 0 Å². The van der Waals surface area contributed by atoms with E-state index in [1.165, 1.54) is 39.3 Å². The molecule has 35 heavy (non-hydrogen) atoms. The molecule has 1 unspecified atom stereocenters. The standard InChI is InChI=1S/C30H42Br2N2Si/c1-19(2)25-13-11-14-26(20(3)4)29(25)33-23(9)17-24(10)34(35(33,32)18-31)30-27(21(5)6)15-12-16-28(30)22(7)8/h11-17,19-22H,9,18H2,1-8,10H3. The molecule has 0 amide bonds. The van der Waals surface area contributed by atoms with Crippen molar-refractivity contribution < 1.29 is 0 Å². The van der Waals surface area contributed by atoms with E-state index < -0.39 is 7.02 Å². The summed E-state index contributed by atoms with van der Waals surface area (Å²) in [5, 5.41) is 0. The van der Waals surface area contributed by atoms with Crippen LogP contribution in [0.4, 0.5) is 11.4 Å². The van der Waals surface area contributed by atoms with Gasteiger partial charge in [-0.15, -0.1) is 0 Å². The van der Waals surface area contributed by atoms with Gasteiger partial charge in [0.2, 0.25) is 0 Å². The number of anilines is 2. The molecule has 2 aromatic carbocycles. The van der Waals surface area contributed by atoms with E-state index in [0.29, 0.717) is 23.7 Å². The molecule has 5 heteroatoms. The summed E-state index contributed by atoms with van der Waals surface area (Å²) in [6.45, 7) is 25.3. The van der Waals surface area contributed by atoms with E-state index in [-0.39, 0.29) is 0 Å². The van der Waals surface area contributed by atoms with Crippen molar-refractivity contribution in [3.63, 3.8) is 0 Å². The van der Waals surface area contributed by atoms with Crippen molar-refractivity contribution in [2.75, 3.05) is 14.1 Å². The summed E-state index contributed by atoms with van der Waals surface area (Å²) in [5.74, 6) is 1.66. The van der Waals surface area contributed by atoms with Gasteiger partial charge in [0.05, 0.1) is 0 Å². The summed E-state index contributed by atoms with van der Waals surface area (Å²) in [7, 11) is -2.56. The number of halogens is 2. The number of alkyl halides is 1. The molecule has 0 aliphatic carbocycles. The first-order chi connectivity index (χ1) is 16.4. The lowest BCUT2D eigenvalue weighted by Crippen LogP contribution is -2.65. The van der Waals surface area contributed by atoms with Crippen LogP contribution in [0, 0.1) is 0 Å². The number of allylic oxidation sites excluding steroid dienone is 2. The fourth-order valence-electron chi connectivity index (χ4n) is 5.28. The first kappa shape index (κ1) is 28.3. The third-order valence-corrected chi connectivity index (χ3v) is 17.4. The number of hydrogen-bond donors (Lipinski definition) is 0. The Kier molecular flexibility index (Phi) is 8.87. The number of hydrogen-bond acceptors (Lipinski definition) is 2. The topological polar surface area (TPSA) is 6.48 Å². The third-order valence-electron chi connectivity index (χ3n) is 7.00. The molecule has 3 rings (SSSR count). The molecule has 0 fully saturated rings. The first-order valence-electron chi connectivity index (χ1n) is 12.8. The Balaban J connectivity index is 2.43. The van der Waals surface area contributed by atoms with Crippen LogP contribution in [0.3, 0.4) is 0 Å². The van der Waals surface area contributed by atoms with Crippen LogP contribution in [-0.2, 0) is 0 Å². The largest absolute Gasteiger partial charge is 0.358 e. The molecule has 0 N–H and O–H groups in total. The van der Waals surface area contributed by atoms with Crippen molar-refractivity contribution in [3.8, 4) is 0 Å². The highest BCUT2D eigenvalue weighted by Crippen LogP contribution is 2.49. The Bertz CT molecular complexity index is 1070. The maximum Gasteiger partial charge on any atom is 0.358 e. The lowest BCUT2D eigenvalue weighted by molar-refractivity contribution is 0.823. The van der Waals surface area contributed by atoms with Gasteiger partial charge in [-0.25, -0.2) is 0 Å². The summed E-state index contributed by atoms with van der Waals surface area (Å²) >= 11 is 8.46. The Morgan fingerprint density at radius 1 is 0.714 bits per heavy atom. The normalized spacial score (nSPS) is 18.9. The maximum atomic E-state index is 4.62. The van der Waals surface area contributed by atoms with Gasteiger partial charge < -0.3 is 9.13 Å². The molecule has 1 heterocycles. The second-order valence-corrected chi connectivity index (χ2v) is 19.1. The first-order valence-corrected chi connectivity index (χ1v) is 18.3. The van der Waals surface area contributed by atoms with E-state index in [2.05, 4.69) is 152 Å². The highest BCUT2D eigenvalue weighted by Gasteiger charge is 2.51. The van der Waals surface area contributed by atoms with Crippen LogP contribution in [0.5, 0.6) is 0 Å². The lowest BCUT2D eigenvalue weighted by atomic mass is 9.92. The lowest BCUT2D eigenvalue weighted by Gasteiger charge is -2.52. The Morgan fingerprint density at radius 2 is 1.06 bits per heavy atom. The van der Waals surface area contributed by atoms with Crippen LogP contribution in [0.25, 0.3) is 0 Å². The van der Waals surface area contributed by atoms with Crippen LogP contribution < -0.4 is 9.13 Å². The summed E-state index contributed by atoms with van der Waals surface area (Å²) in [6, 6.07) is 13.7. The van der Waals surface area contributed by atoms with E-state index in [0.717, 1.165) is 10.7 Å². The van der Waals surface area contributed by atoms with E-state index in [1.54, 1.807) is 0 Å². The SMILES string of the molecule is C=C1C=C(C)N(c2c(C(C)C)cccc2C(C)C)[Si](Br)(CBr)N1c1c(C(C)C)cccc1C(C)C. The van der Waals surface area contributed by atoms with Crippen molar-refractivity contribution in [1.82, 2.24) is 0 Å². The Labute approximate surface area is 231 Å². The van der Waals surface area contributed by atoms with Crippen molar-refractivity contribution in [2.24, 2.45) is 0 Å². The Morgan fingerprint density at radius 3 is 1.37 bits per heavy atom. The number of nitrogens with zero attached hydrogens (tertiary/aromatic N) is 2. The van der Waals surface area contributed by atoms with Gasteiger partial charge in [0.15, 0.2) is 0 Å². The van der Waals surface area contributed by atoms with Crippen molar-refractivity contribution in [3.05, 3.63) is 82.7 Å². The fourth-order valence-corrected chi connectivity index (χ4v) is 12.1. The summed E-state index contributed by atoms with van der Waals surface area (Å²) in [4.78, 5) is 0.831. The zero-order valence-electron chi connectivity index (χ0n) is 22.9. The predicted octanol–water partition coefficient (Wildman–Crippen LogP) is 10.2. The predicted molar refractivity (Wildman–Crippen MR) is 166 cm³/mol. The van der Waals surface area contributed by atoms with Crippen LogP contribution in [0.2, 0.25) is 0 Å². The van der Waals surface area contributed by atoms with Crippen molar-refractivity contribution in [2.45, 2.75) is 86.0 Å². The highest BCUT2D eigenvalue weighted by molar-refractivity contribution is 9.27. The summed E-state index contributed by atoms with van der Waals surface area (Å²) in [5.41, 5.74) is 10.5. The zero-order valence-corrected chi connectivity index (χ0v) is 27.1. The number of para-hydroxylation sites is 2. The molecule has 1 atom stereocenters. The van der Waals surface area contributed by atoms with Crippen LogP contribution in [0.1, 0.15) is 108 Å². The van der Waals surface area contributed by atoms with Crippen molar-refractivity contribution in [1.29, 1.82) is 0 Å². The van der Waals surface area contributed by atoms with Crippen LogP contribution in [-0.4, -0.2) is 12.0 Å². The van der Waals surface area contributed by atoms with E-state index in [4.69, 9.17) is 0 Å². The summed E-state index contributed by atoms with van der Waals surface area (Å²) < 4.78 is 5.21. The molecule has 0 saturated heterocycles. The van der Waals surface area contributed by atoms with Crippen LogP contribution in [0.15, 0.2) is 60.4 Å². The Hall–Kier alpha value is -1.30. The highest BCUT2D eigenvalue weighted by atomic mass is 79.9. The molecular formula is C30H42Br2N2Si. The number of benzene rings is 2. The molecule has 2 aromatic rings. The second-order valence-electron chi connectivity index (χ2n) is 11.0. The molecule has 0 radical (unpaired) electrons.